The van der Waals surface area contributed by atoms with E-state index in [0.717, 1.165) is 44.5 Å². The smallest absolute Gasteiger partial charge is 0.164 e. The zero-order chi connectivity index (χ0) is 37.7. The highest BCUT2D eigenvalue weighted by molar-refractivity contribution is 6.28. The standard InChI is InChI=1S/C53H34N4/c1-3-12-35(13-4-1)37-22-26-41(27-23-37)51-54-52(42-28-24-38(25-29-42)36-14-5-2-6-15-36)56-53(55-51)43-18-11-19-44(34-43)57-47-32-30-39-16-7-9-20-45(39)49(47)50-46-21-10-8-17-40(46)31-33-48(50)57/h1-34H. The van der Waals surface area contributed by atoms with Gasteiger partial charge < -0.3 is 4.57 Å². The Morgan fingerprint density at radius 3 is 1.16 bits per heavy atom. The summed E-state index contributed by atoms with van der Waals surface area (Å²) in [4.78, 5) is 15.4. The molecule has 0 radical (unpaired) electrons. The van der Waals surface area contributed by atoms with Crippen molar-refractivity contribution in [2.24, 2.45) is 0 Å². The number of hydrogen-bond acceptors (Lipinski definition) is 3. The van der Waals surface area contributed by atoms with Crippen molar-refractivity contribution in [3.63, 3.8) is 0 Å². The molecule has 11 aromatic rings. The van der Waals surface area contributed by atoms with Crippen LogP contribution in [0.25, 0.3) is 105 Å². The van der Waals surface area contributed by atoms with Gasteiger partial charge in [-0.05, 0) is 68.1 Å². The van der Waals surface area contributed by atoms with E-state index in [4.69, 9.17) is 15.0 Å². The highest BCUT2D eigenvalue weighted by Crippen LogP contribution is 2.41. The van der Waals surface area contributed by atoms with Crippen molar-refractivity contribution in [1.82, 2.24) is 19.5 Å². The molecule has 57 heavy (non-hydrogen) atoms. The van der Waals surface area contributed by atoms with E-state index in [1.807, 2.05) is 12.1 Å². The molecule has 0 fully saturated rings. The van der Waals surface area contributed by atoms with Gasteiger partial charge in [0.05, 0.1) is 11.0 Å². The Hall–Kier alpha value is -7.69. The normalized spacial score (nSPS) is 11.5. The molecule has 9 aromatic carbocycles. The third-order valence-electron chi connectivity index (χ3n) is 11.0. The summed E-state index contributed by atoms with van der Waals surface area (Å²) in [7, 11) is 0. The van der Waals surface area contributed by atoms with Crippen LogP contribution < -0.4 is 0 Å². The molecule has 0 unspecified atom stereocenters. The Kier molecular flexibility index (Phi) is 7.78. The predicted octanol–water partition coefficient (Wildman–Crippen LogP) is 13.6. The molecule has 266 valence electrons. The molecule has 0 amide bonds. The first-order chi connectivity index (χ1) is 28.2. The van der Waals surface area contributed by atoms with Crippen molar-refractivity contribution in [1.29, 1.82) is 0 Å². The van der Waals surface area contributed by atoms with E-state index >= 15 is 0 Å². The van der Waals surface area contributed by atoms with Gasteiger partial charge in [0, 0.05) is 33.2 Å². The van der Waals surface area contributed by atoms with Crippen LogP contribution in [0.15, 0.2) is 206 Å². The fourth-order valence-corrected chi connectivity index (χ4v) is 8.26. The highest BCUT2D eigenvalue weighted by atomic mass is 15.0. The van der Waals surface area contributed by atoms with Crippen molar-refractivity contribution in [2.45, 2.75) is 0 Å². The molecule has 0 N–H and O–H groups in total. The molecule has 0 atom stereocenters. The minimum absolute atomic E-state index is 0.618. The largest absolute Gasteiger partial charge is 0.309 e. The molecule has 0 aliphatic rings. The zero-order valence-electron chi connectivity index (χ0n) is 30.9. The fourth-order valence-electron chi connectivity index (χ4n) is 8.26. The number of rotatable bonds is 6. The lowest BCUT2D eigenvalue weighted by Gasteiger charge is -2.12. The van der Waals surface area contributed by atoms with Gasteiger partial charge in [-0.3, -0.25) is 0 Å². The monoisotopic (exact) mass is 726 g/mol. The van der Waals surface area contributed by atoms with Gasteiger partial charge in [-0.1, -0.05) is 182 Å². The minimum Gasteiger partial charge on any atom is -0.309 e. The summed E-state index contributed by atoms with van der Waals surface area (Å²) in [6.07, 6.45) is 0. The maximum atomic E-state index is 5.16. The van der Waals surface area contributed by atoms with Crippen molar-refractivity contribution < 1.29 is 0 Å². The Labute approximate surface area is 330 Å². The van der Waals surface area contributed by atoms with E-state index in [0.29, 0.717) is 17.5 Å². The van der Waals surface area contributed by atoms with Gasteiger partial charge in [0.2, 0.25) is 0 Å². The summed E-state index contributed by atoms with van der Waals surface area (Å²) in [5, 5.41) is 7.46. The van der Waals surface area contributed by atoms with Crippen molar-refractivity contribution in [3.8, 4) is 62.1 Å². The molecule has 0 saturated carbocycles. The predicted molar refractivity (Wildman–Crippen MR) is 236 cm³/mol. The van der Waals surface area contributed by atoms with Crippen LogP contribution in [-0.4, -0.2) is 19.5 Å². The zero-order valence-corrected chi connectivity index (χ0v) is 30.9. The average molecular weight is 727 g/mol. The average Bonchev–Trinajstić information content (AvgIpc) is 3.65. The molecule has 2 heterocycles. The van der Waals surface area contributed by atoms with Gasteiger partial charge in [0.25, 0.3) is 0 Å². The third kappa shape index (κ3) is 5.74. The van der Waals surface area contributed by atoms with Crippen LogP contribution in [0.5, 0.6) is 0 Å². The second-order valence-electron chi connectivity index (χ2n) is 14.4. The van der Waals surface area contributed by atoms with E-state index < -0.39 is 0 Å². The van der Waals surface area contributed by atoms with Crippen molar-refractivity contribution >= 4 is 43.4 Å². The maximum Gasteiger partial charge on any atom is 0.164 e. The van der Waals surface area contributed by atoms with E-state index in [1.165, 1.54) is 43.4 Å². The second-order valence-corrected chi connectivity index (χ2v) is 14.4. The molecule has 4 heteroatoms. The molecular weight excluding hydrogens is 693 g/mol. The highest BCUT2D eigenvalue weighted by Gasteiger charge is 2.19. The first-order valence-electron chi connectivity index (χ1n) is 19.3. The SMILES string of the molecule is c1ccc(-c2ccc(-c3nc(-c4ccc(-c5ccccc5)cc4)nc(-c4cccc(-n5c6ccc7ccccc7c6c6c7ccccc7ccc65)c4)n3)cc2)cc1. The van der Waals surface area contributed by atoms with Crippen LogP contribution in [0.1, 0.15) is 0 Å². The van der Waals surface area contributed by atoms with Gasteiger partial charge in [0.15, 0.2) is 17.5 Å². The number of benzene rings is 9. The number of hydrogen-bond donors (Lipinski definition) is 0. The molecule has 0 bridgehead atoms. The van der Waals surface area contributed by atoms with Gasteiger partial charge in [-0.15, -0.1) is 0 Å². The maximum absolute atomic E-state index is 5.16. The molecule has 0 aliphatic heterocycles. The lowest BCUT2D eigenvalue weighted by molar-refractivity contribution is 1.07. The van der Waals surface area contributed by atoms with Gasteiger partial charge in [-0.2, -0.15) is 0 Å². The fraction of sp³-hybridized carbons (Fsp3) is 0. The lowest BCUT2D eigenvalue weighted by Crippen LogP contribution is -2.01. The van der Waals surface area contributed by atoms with Crippen LogP contribution in [0.3, 0.4) is 0 Å². The van der Waals surface area contributed by atoms with Crippen LogP contribution in [0, 0.1) is 0 Å². The molecule has 0 aliphatic carbocycles. The molecule has 2 aromatic heterocycles. The summed E-state index contributed by atoms with van der Waals surface area (Å²) in [6, 6.07) is 72.8. The van der Waals surface area contributed by atoms with E-state index in [-0.39, 0.29) is 0 Å². The van der Waals surface area contributed by atoms with Crippen LogP contribution >= 0.6 is 0 Å². The van der Waals surface area contributed by atoms with Crippen molar-refractivity contribution in [3.05, 3.63) is 206 Å². The quantitative estimate of drug-likeness (QED) is 0.171. The summed E-state index contributed by atoms with van der Waals surface area (Å²) in [5.41, 5.74) is 10.8. The Morgan fingerprint density at radius 1 is 0.281 bits per heavy atom. The minimum atomic E-state index is 0.618. The van der Waals surface area contributed by atoms with Crippen LogP contribution in [-0.2, 0) is 0 Å². The second kappa shape index (κ2) is 13.6. The summed E-state index contributed by atoms with van der Waals surface area (Å²) >= 11 is 0. The number of aromatic nitrogens is 4. The molecular formula is C53H34N4. The molecule has 11 rings (SSSR count). The summed E-state index contributed by atoms with van der Waals surface area (Å²) in [5.74, 6) is 1.87. The Bertz CT molecular complexity index is 3060. The first-order valence-corrected chi connectivity index (χ1v) is 19.3. The van der Waals surface area contributed by atoms with Gasteiger partial charge in [-0.25, -0.2) is 15.0 Å². The molecule has 4 nitrogen and oxygen atoms in total. The van der Waals surface area contributed by atoms with Crippen molar-refractivity contribution in [2.75, 3.05) is 0 Å². The van der Waals surface area contributed by atoms with Gasteiger partial charge >= 0.3 is 0 Å². The van der Waals surface area contributed by atoms with Crippen LogP contribution in [0.4, 0.5) is 0 Å². The Balaban J connectivity index is 1.09. The molecule has 0 saturated heterocycles. The van der Waals surface area contributed by atoms with E-state index in [2.05, 4.69) is 199 Å². The van der Waals surface area contributed by atoms with Gasteiger partial charge in [0.1, 0.15) is 0 Å². The topological polar surface area (TPSA) is 43.6 Å². The summed E-state index contributed by atoms with van der Waals surface area (Å²) < 4.78 is 2.39. The number of fused-ring (bicyclic) bond motifs is 7. The van der Waals surface area contributed by atoms with E-state index in [1.54, 1.807) is 0 Å². The Morgan fingerprint density at radius 2 is 0.667 bits per heavy atom. The summed E-state index contributed by atoms with van der Waals surface area (Å²) in [6.45, 7) is 0. The number of nitrogens with zero attached hydrogens (tertiary/aromatic N) is 4. The van der Waals surface area contributed by atoms with Crippen LogP contribution in [0.2, 0.25) is 0 Å². The first kappa shape index (κ1) is 32.7. The molecule has 0 spiro atoms. The third-order valence-corrected chi connectivity index (χ3v) is 11.0. The van der Waals surface area contributed by atoms with E-state index in [9.17, 15) is 0 Å². The lowest BCUT2D eigenvalue weighted by atomic mass is 10.00.